The number of anilines is 1. The molecule has 0 unspecified atom stereocenters. The van der Waals surface area contributed by atoms with E-state index < -0.39 is 0 Å². The van der Waals surface area contributed by atoms with Crippen molar-refractivity contribution >= 4 is 17.3 Å². The number of aliphatic hydroxyl groups excluding tert-OH is 1. The third kappa shape index (κ3) is 3.40. The molecule has 1 N–H and O–H groups in total. The summed E-state index contributed by atoms with van der Waals surface area (Å²) in [5.74, 6) is 0. The van der Waals surface area contributed by atoms with Crippen molar-refractivity contribution in [3.63, 3.8) is 0 Å². The molecule has 0 aliphatic heterocycles. The lowest BCUT2D eigenvalue weighted by molar-refractivity contribution is 0.290. The summed E-state index contributed by atoms with van der Waals surface area (Å²) in [5, 5.41) is 18.8. The first kappa shape index (κ1) is 14.2. The maximum absolute atomic E-state index is 9.28. The van der Waals surface area contributed by atoms with Gasteiger partial charge in [0.05, 0.1) is 28.9 Å². The van der Waals surface area contributed by atoms with Crippen LogP contribution in [0.25, 0.3) is 0 Å². The fraction of sp³-hybridized carbons (Fsp3) is 0.533. The van der Waals surface area contributed by atoms with Crippen molar-refractivity contribution in [2.24, 2.45) is 0 Å². The summed E-state index contributed by atoms with van der Waals surface area (Å²) in [6.07, 6.45) is 6.07. The highest BCUT2D eigenvalue weighted by Gasteiger charge is 2.22. The lowest BCUT2D eigenvalue weighted by Gasteiger charge is -2.36. The van der Waals surface area contributed by atoms with Crippen molar-refractivity contribution in [3.8, 4) is 6.07 Å². The van der Waals surface area contributed by atoms with Crippen molar-refractivity contribution in [1.29, 1.82) is 5.26 Å². The number of nitrogens with zero attached hydrogens (tertiary/aromatic N) is 2. The van der Waals surface area contributed by atoms with E-state index in [-0.39, 0.29) is 6.61 Å². The van der Waals surface area contributed by atoms with Gasteiger partial charge in [-0.1, -0.05) is 30.9 Å². The van der Waals surface area contributed by atoms with Crippen LogP contribution in [0.15, 0.2) is 18.2 Å². The Hall–Kier alpha value is -1.24. The first-order chi connectivity index (χ1) is 9.26. The molecule has 102 valence electrons. The Labute approximate surface area is 119 Å². The van der Waals surface area contributed by atoms with Gasteiger partial charge in [0.15, 0.2) is 0 Å². The molecule has 19 heavy (non-hydrogen) atoms. The van der Waals surface area contributed by atoms with Crippen LogP contribution < -0.4 is 4.90 Å². The number of aliphatic hydroxyl groups is 1. The van der Waals surface area contributed by atoms with Crippen molar-refractivity contribution in [1.82, 2.24) is 0 Å². The highest BCUT2D eigenvalue weighted by Crippen LogP contribution is 2.32. The van der Waals surface area contributed by atoms with E-state index in [1.807, 2.05) is 6.07 Å². The summed E-state index contributed by atoms with van der Waals surface area (Å²) in [5.41, 5.74) is 1.50. The van der Waals surface area contributed by atoms with E-state index in [9.17, 15) is 5.11 Å². The molecule has 0 atom stereocenters. The number of rotatable bonds is 4. The molecular weight excluding hydrogens is 260 g/mol. The van der Waals surface area contributed by atoms with Gasteiger partial charge in [-0.15, -0.1) is 0 Å². The van der Waals surface area contributed by atoms with E-state index in [4.69, 9.17) is 16.9 Å². The molecular formula is C15H19ClN2O. The second-order valence-electron chi connectivity index (χ2n) is 4.99. The second kappa shape index (κ2) is 6.79. The van der Waals surface area contributed by atoms with E-state index in [1.54, 1.807) is 12.1 Å². The third-order valence-electron chi connectivity index (χ3n) is 3.74. The summed E-state index contributed by atoms with van der Waals surface area (Å²) in [6, 6.07) is 7.92. The molecule has 1 fully saturated rings. The van der Waals surface area contributed by atoms with Crippen LogP contribution in [0.2, 0.25) is 5.02 Å². The summed E-state index contributed by atoms with van der Waals surface area (Å²) in [4.78, 5) is 2.20. The largest absolute Gasteiger partial charge is 0.395 e. The van der Waals surface area contributed by atoms with Crippen molar-refractivity contribution in [3.05, 3.63) is 28.8 Å². The molecule has 1 aliphatic rings. The van der Waals surface area contributed by atoms with E-state index >= 15 is 0 Å². The van der Waals surface area contributed by atoms with Gasteiger partial charge >= 0.3 is 0 Å². The Morgan fingerprint density at radius 1 is 1.32 bits per heavy atom. The van der Waals surface area contributed by atoms with E-state index in [2.05, 4.69) is 11.0 Å². The molecule has 1 aromatic rings. The van der Waals surface area contributed by atoms with Crippen LogP contribution in [0.4, 0.5) is 5.69 Å². The fourth-order valence-corrected chi connectivity index (χ4v) is 3.10. The zero-order chi connectivity index (χ0) is 13.7. The van der Waals surface area contributed by atoms with Gasteiger partial charge in [0.25, 0.3) is 0 Å². The molecule has 1 aliphatic carbocycles. The van der Waals surface area contributed by atoms with E-state index in [0.717, 1.165) is 18.5 Å². The molecule has 1 saturated carbocycles. The number of nitriles is 1. The van der Waals surface area contributed by atoms with Crippen LogP contribution in [0, 0.1) is 11.3 Å². The predicted octanol–water partition coefficient (Wildman–Crippen LogP) is 3.34. The summed E-state index contributed by atoms with van der Waals surface area (Å²) < 4.78 is 0. The molecule has 0 saturated heterocycles. The number of hydrogen-bond donors (Lipinski definition) is 1. The van der Waals surface area contributed by atoms with Gasteiger partial charge in [0, 0.05) is 12.6 Å². The molecule has 0 bridgehead atoms. The molecule has 1 aromatic carbocycles. The molecule has 0 aromatic heterocycles. The first-order valence-corrected chi connectivity index (χ1v) is 7.21. The topological polar surface area (TPSA) is 47.3 Å². The van der Waals surface area contributed by atoms with Gasteiger partial charge in [-0.2, -0.15) is 5.26 Å². The number of benzene rings is 1. The molecule has 2 rings (SSSR count). The van der Waals surface area contributed by atoms with Gasteiger partial charge < -0.3 is 10.0 Å². The summed E-state index contributed by atoms with van der Waals surface area (Å²) in [7, 11) is 0. The smallest absolute Gasteiger partial charge is 0.0992 e. The van der Waals surface area contributed by atoms with Crippen molar-refractivity contribution in [2.75, 3.05) is 18.1 Å². The minimum absolute atomic E-state index is 0.118. The quantitative estimate of drug-likeness (QED) is 0.919. The standard InChI is InChI=1S/C15H19ClN2O/c16-14-10-12(11-17)6-7-15(14)18(8-9-19)13-4-2-1-3-5-13/h6-7,10,13,19H,1-5,8-9H2. The maximum atomic E-state index is 9.28. The lowest BCUT2D eigenvalue weighted by atomic mass is 9.93. The second-order valence-corrected chi connectivity index (χ2v) is 5.39. The average Bonchev–Trinajstić information content (AvgIpc) is 2.46. The van der Waals surface area contributed by atoms with Crippen LogP contribution in [0.1, 0.15) is 37.7 Å². The summed E-state index contributed by atoms with van der Waals surface area (Å²) >= 11 is 6.28. The van der Waals surface area contributed by atoms with Crippen LogP contribution in [-0.2, 0) is 0 Å². The molecule has 0 heterocycles. The van der Waals surface area contributed by atoms with E-state index in [0.29, 0.717) is 23.2 Å². The zero-order valence-electron chi connectivity index (χ0n) is 11.0. The molecule has 0 amide bonds. The Bertz CT molecular complexity index is 464. The molecule has 0 spiro atoms. The minimum Gasteiger partial charge on any atom is -0.395 e. The summed E-state index contributed by atoms with van der Waals surface area (Å²) in [6.45, 7) is 0.711. The predicted molar refractivity (Wildman–Crippen MR) is 77.5 cm³/mol. The van der Waals surface area contributed by atoms with Gasteiger partial charge in [0.2, 0.25) is 0 Å². The minimum atomic E-state index is 0.118. The lowest BCUT2D eigenvalue weighted by Crippen LogP contribution is -2.39. The van der Waals surface area contributed by atoms with Crippen LogP contribution in [-0.4, -0.2) is 24.3 Å². The van der Waals surface area contributed by atoms with E-state index in [1.165, 1.54) is 19.3 Å². The monoisotopic (exact) mass is 278 g/mol. The SMILES string of the molecule is N#Cc1ccc(N(CCO)C2CCCCC2)c(Cl)c1. The highest BCUT2D eigenvalue weighted by molar-refractivity contribution is 6.33. The molecule has 0 radical (unpaired) electrons. The van der Waals surface area contributed by atoms with Crippen LogP contribution >= 0.6 is 11.6 Å². The zero-order valence-corrected chi connectivity index (χ0v) is 11.7. The Kier molecular flexibility index (Phi) is 5.07. The maximum Gasteiger partial charge on any atom is 0.0992 e. The van der Waals surface area contributed by atoms with Crippen molar-refractivity contribution in [2.45, 2.75) is 38.1 Å². The molecule has 3 nitrogen and oxygen atoms in total. The van der Waals surface area contributed by atoms with Gasteiger partial charge in [-0.05, 0) is 31.0 Å². The Morgan fingerprint density at radius 2 is 2.05 bits per heavy atom. The third-order valence-corrected chi connectivity index (χ3v) is 4.05. The van der Waals surface area contributed by atoms with Crippen molar-refractivity contribution < 1.29 is 5.11 Å². The number of hydrogen-bond acceptors (Lipinski definition) is 3. The number of halogens is 1. The van der Waals surface area contributed by atoms with Crippen LogP contribution in [0.3, 0.4) is 0 Å². The Balaban J connectivity index is 2.25. The van der Waals surface area contributed by atoms with Gasteiger partial charge in [-0.25, -0.2) is 0 Å². The average molecular weight is 279 g/mol. The first-order valence-electron chi connectivity index (χ1n) is 6.83. The van der Waals surface area contributed by atoms with Crippen LogP contribution in [0.5, 0.6) is 0 Å². The normalized spacial score (nSPS) is 16.1. The van der Waals surface area contributed by atoms with Gasteiger partial charge in [-0.3, -0.25) is 0 Å². The van der Waals surface area contributed by atoms with Gasteiger partial charge in [0.1, 0.15) is 0 Å². The molecule has 4 heteroatoms. The fourth-order valence-electron chi connectivity index (χ4n) is 2.81. The Morgan fingerprint density at radius 3 is 2.63 bits per heavy atom. The highest BCUT2D eigenvalue weighted by atomic mass is 35.5.